The largest absolute Gasteiger partial charge is 0.494 e. The van der Waals surface area contributed by atoms with Crippen LogP contribution in [0.4, 0.5) is 0 Å². The maximum absolute atomic E-state index is 5.84. The minimum Gasteiger partial charge on any atom is -0.494 e. The second-order valence-electron chi connectivity index (χ2n) is 7.31. The van der Waals surface area contributed by atoms with Crippen molar-refractivity contribution in [2.45, 2.75) is 31.8 Å². The van der Waals surface area contributed by atoms with Crippen LogP contribution in [-0.4, -0.2) is 38.4 Å². The second-order valence-corrected chi connectivity index (χ2v) is 8.19. The first-order chi connectivity index (χ1) is 14.5. The summed E-state index contributed by atoms with van der Waals surface area (Å²) in [6.45, 7) is 6.09. The number of terminal acetylenes is 1. The molecule has 0 aromatic heterocycles. The van der Waals surface area contributed by atoms with Crippen molar-refractivity contribution in [3.05, 3.63) is 59.7 Å². The van der Waals surface area contributed by atoms with Crippen molar-refractivity contribution in [2.24, 2.45) is 0 Å². The van der Waals surface area contributed by atoms with Gasteiger partial charge < -0.3 is 17.3 Å². The fourth-order valence-corrected chi connectivity index (χ4v) is 3.29. The molecule has 2 aromatic carbocycles. The van der Waals surface area contributed by atoms with Gasteiger partial charge >= 0.3 is 0 Å². The molecule has 2 rings (SSSR count). The zero-order chi connectivity index (χ0) is 21.8. The zero-order valence-electron chi connectivity index (χ0n) is 17.4. The Labute approximate surface area is 198 Å². The molecule has 1 atom stereocenters. The third kappa shape index (κ3) is 7.66. The molecule has 0 spiro atoms. The lowest BCUT2D eigenvalue weighted by molar-refractivity contribution is 0.0613. The van der Waals surface area contributed by atoms with Gasteiger partial charge in [-0.2, -0.15) is 0 Å². The van der Waals surface area contributed by atoms with Gasteiger partial charge in [0.05, 0.1) is 13.2 Å². The van der Waals surface area contributed by atoms with Gasteiger partial charge in [0.25, 0.3) is 0 Å². The van der Waals surface area contributed by atoms with Crippen LogP contribution in [0.25, 0.3) is 0 Å². The summed E-state index contributed by atoms with van der Waals surface area (Å²) in [5.74, 6) is 4.69. The lowest BCUT2D eigenvalue weighted by Gasteiger charge is -2.26. The first kappa shape index (κ1) is 24.8. The molecule has 6 heteroatoms. The molecule has 0 amide bonds. The van der Waals surface area contributed by atoms with E-state index in [9.17, 15) is 0 Å². The number of hydrogen-bond donors (Lipinski definition) is 0. The molecule has 0 fully saturated rings. The smallest absolute Gasteiger partial charge is 0.127 e. The minimum absolute atomic E-state index is 0.149. The topological polar surface area (TPSA) is 36.9 Å². The van der Waals surface area contributed by atoms with Crippen molar-refractivity contribution < 1.29 is 17.3 Å². The Morgan fingerprint density at radius 1 is 0.967 bits per heavy atom. The highest BCUT2D eigenvalue weighted by Crippen LogP contribution is 2.33. The maximum Gasteiger partial charge on any atom is 0.127 e. The van der Waals surface area contributed by atoms with Gasteiger partial charge in [0, 0.05) is 11.3 Å². The van der Waals surface area contributed by atoms with Crippen molar-refractivity contribution in [3.8, 4) is 23.8 Å². The van der Waals surface area contributed by atoms with E-state index >= 15 is 0 Å². The van der Waals surface area contributed by atoms with Crippen LogP contribution in [0.1, 0.15) is 31.4 Å². The second kappa shape index (κ2) is 13.1. The molecular weight excluding hydrogens is 515 g/mol. The van der Waals surface area contributed by atoms with Crippen LogP contribution in [0.2, 0.25) is 0 Å². The number of alkyl halides is 1. The maximum atomic E-state index is 5.84. The average Bonchev–Trinajstić information content (AvgIpc) is 2.77. The molecule has 0 heterocycles. The third-order valence-corrected chi connectivity index (χ3v) is 5.74. The van der Waals surface area contributed by atoms with Gasteiger partial charge in [-0.25, -0.2) is 0 Å². The van der Waals surface area contributed by atoms with Crippen LogP contribution in [0.3, 0.4) is 0 Å². The van der Waals surface area contributed by atoms with Crippen LogP contribution in [0, 0.1) is 12.3 Å². The Bertz CT molecular complexity index is 784. The summed E-state index contributed by atoms with van der Waals surface area (Å²) >= 11 is 7.54. The molecule has 1 unspecified atom stereocenters. The summed E-state index contributed by atoms with van der Waals surface area (Å²) in [7, 11) is 0. The molecule has 30 heavy (non-hydrogen) atoms. The van der Waals surface area contributed by atoms with E-state index in [0.717, 1.165) is 17.9 Å². The molecule has 0 radical (unpaired) electrons. The van der Waals surface area contributed by atoms with E-state index in [-0.39, 0.29) is 18.1 Å². The molecule has 0 aliphatic rings. The first-order valence-corrected chi connectivity index (χ1v) is 11.2. The van der Waals surface area contributed by atoms with Gasteiger partial charge in [0.15, 0.2) is 0 Å². The summed E-state index contributed by atoms with van der Waals surface area (Å²) in [6, 6.07) is 16.4. The number of rotatable bonds is 13. The Kier molecular flexibility index (Phi) is 10.8. The van der Waals surface area contributed by atoms with Crippen molar-refractivity contribution in [1.29, 1.82) is 0 Å². The van der Waals surface area contributed by atoms with E-state index in [2.05, 4.69) is 44.0 Å². The SMILES string of the molecule is C#CCOCC(COc1ccc(C(C)(C)c2ccc(OCCCCl)cc2)cc1)OI. The van der Waals surface area contributed by atoms with E-state index in [1.165, 1.54) is 11.1 Å². The van der Waals surface area contributed by atoms with Crippen LogP contribution < -0.4 is 9.47 Å². The Hall–Kier alpha value is -1.46. The minimum atomic E-state index is -0.180. The van der Waals surface area contributed by atoms with E-state index < -0.39 is 0 Å². The van der Waals surface area contributed by atoms with Crippen LogP contribution in [-0.2, 0) is 13.2 Å². The number of ether oxygens (including phenoxy) is 3. The van der Waals surface area contributed by atoms with Gasteiger partial charge in [-0.3, -0.25) is 0 Å². The molecule has 2 aromatic rings. The van der Waals surface area contributed by atoms with Crippen LogP contribution >= 0.6 is 34.6 Å². The number of hydrogen-bond acceptors (Lipinski definition) is 4. The van der Waals surface area contributed by atoms with E-state index in [4.69, 9.17) is 35.3 Å². The standard InChI is InChI=1S/C24H28ClIO4/c1-4-15-27-17-23(30-26)18-29-22-12-8-20(9-13-22)24(2,3)19-6-10-21(11-7-19)28-16-5-14-25/h1,6-13,23H,5,14-18H2,2-3H3. The van der Waals surface area contributed by atoms with E-state index in [0.29, 0.717) is 25.7 Å². The molecule has 162 valence electrons. The average molecular weight is 543 g/mol. The fourth-order valence-electron chi connectivity index (χ4n) is 2.88. The summed E-state index contributed by atoms with van der Waals surface area (Å²) in [5.41, 5.74) is 2.26. The highest BCUT2D eigenvalue weighted by molar-refractivity contribution is 14.1. The van der Waals surface area contributed by atoms with Gasteiger partial charge in [-0.15, -0.1) is 18.0 Å². The fraction of sp³-hybridized carbons (Fsp3) is 0.417. The molecule has 0 aliphatic heterocycles. The van der Waals surface area contributed by atoms with E-state index in [1.54, 1.807) is 0 Å². The zero-order valence-corrected chi connectivity index (χ0v) is 20.3. The molecule has 0 saturated heterocycles. The van der Waals surface area contributed by atoms with Crippen molar-refractivity contribution >= 4 is 34.6 Å². The predicted molar refractivity (Wildman–Crippen MR) is 130 cm³/mol. The quantitative estimate of drug-likeness (QED) is 0.139. The lowest BCUT2D eigenvalue weighted by Crippen LogP contribution is -2.24. The number of benzene rings is 2. The lowest BCUT2D eigenvalue weighted by atomic mass is 9.78. The molecule has 4 nitrogen and oxygen atoms in total. The van der Waals surface area contributed by atoms with Gasteiger partial charge in [-0.05, 0) is 41.8 Å². The highest BCUT2D eigenvalue weighted by Gasteiger charge is 2.23. The van der Waals surface area contributed by atoms with Crippen LogP contribution in [0.15, 0.2) is 48.5 Å². The van der Waals surface area contributed by atoms with Gasteiger partial charge in [0.1, 0.15) is 53.8 Å². The van der Waals surface area contributed by atoms with Crippen molar-refractivity contribution in [2.75, 3.05) is 32.3 Å². The Morgan fingerprint density at radius 3 is 2.03 bits per heavy atom. The van der Waals surface area contributed by atoms with Gasteiger partial charge in [-0.1, -0.05) is 44.0 Å². The predicted octanol–water partition coefficient (Wildman–Crippen LogP) is 5.78. The van der Waals surface area contributed by atoms with Crippen molar-refractivity contribution in [3.63, 3.8) is 0 Å². The first-order valence-electron chi connectivity index (χ1n) is 9.82. The molecule has 0 bridgehead atoms. The summed E-state index contributed by atoms with van der Waals surface area (Å²) < 4.78 is 22.2. The third-order valence-electron chi connectivity index (χ3n) is 4.75. The summed E-state index contributed by atoms with van der Waals surface area (Å²) in [6.07, 6.45) is 5.84. The molecular formula is C24H28ClIO4. The summed E-state index contributed by atoms with van der Waals surface area (Å²) in [4.78, 5) is 0. The van der Waals surface area contributed by atoms with Crippen molar-refractivity contribution in [1.82, 2.24) is 0 Å². The molecule has 0 aliphatic carbocycles. The summed E-state index contributed by atoms with van der Waals surface area (Å²) in [5, 5.41) is 0. The molecule has 0 saturated carbocycles. The van der Waals surface area contributed by atoms with Crippen LogP contribution in [0.5, 0.6) is 11.5 Å². The monoisotopic (exact) mass is 542 g/mol. The Morgan fingerprint density at radius 2 is 1.53 bits per heavy atom. The van der Waals surface area contributed by atoms with Gasteiger partial charge in [0.2, 0.25) is 0 Å². The normalized spacial score (nSPS) is 12.2. The Balaban J connectivity index is 1.96. The molecule has 0 N–H and O–H groups in total. The van der Waals surface area contributed by atoms with E-state index in [1.807, 2.05) is 47.3 Å². The number of halogens is 2. The highest BCUT2D eigenvalue weighted by atomic mass is 127.